The van der Waals surface area contributed by atoms with E-state index in [2.05, 4.69) is 5.32 Å². The van der Waals surface area contributed by atoms with E-state index in [1.54, 1.807) is 4.90 Å². The molecule has 0 spiro atoms. The molecule has 28 heavy (non-hydrogen) atoms. The largest absolute Gasteiger partial charge is 0.444 e. The van der Waals surface area contributed by atoms with Gasteiger partial charge in [-0.1, -0.05) is 42.5 Å². The van der Waals surface area contributed by atoms with E-state index in [0.29, 0.717) is 32.4 Å². The molecule has 1 fully saturated rings. The van der Waals surface area contributed by atoms with E-state index in [1.807, 2.05) is 48.5 Å². The molecule has 6 heteroatoms. The summed E-state index contributed by atoms with van der Waals surface area (Å²) < 4.78 is 33.9. The molecule has 4 rings (SSSR count). The fourth-order valence-corrected chi connectivity index (χ4v) is 4.09. The third-order valence-corrected chi connectivity index (χ3v) is 5.64. The van der Waals surface area contributed by atoms with Crippen molar-refractivity contribution in [3.63, 3.8) is 0 Å². The summed E-state index contributed by atoms with van der Waals surface area (Å²) in [4.78, 5) is 14.2. The van der Waals surface area contributed by atoms with Crippen molar-refractivity contribution in [2.75, 3.05) is 24.5 Å². The predicted octanol–water partition coefficient (Wildman–Crippen LogP) is 4.17. The number of halogens is 2. The van der Waals surface area contributed by atoms with Gasteiger partial charge in [-0.15, -0.1) is 0 Å². The summed E-state index contributed by atoms with van der Waals surface area (Å²) in [6.07, 6.45) is 1.07. The normalized spacial score (nSPS) is 20.6. The Kier molecular flexibility index (Phi) is 5.31. The summed E-state index contributed by atoms with van der Waals surface area (Å²) in [7, 11) is 0. The number of alkyl halides is 2. The Labute approximate surface area is 163 Å². The SMILES string of the molecule is O=C(OCc1ccccc1)N1CCc2c(CC3CCNCC3(F)F)cccc21. The molecule has 0 aromatic heterocycles. The summed E-state index contributed by atoms with van der Waals surface area (Å²) in [5.74, 6) is -3.37. The minimum atomic E-state index is -2.70. The van der Waals surface area contributed by atoms with E-state index in [-0.39, 0.29) is 13.2 Å². The first-order chi connectivity index (χ1) is 13.5. The van der Waals surface area contributed by atoms with Crippen LogP contribution in [0.2, 0.25) is 0 Å². The Balaban J connectivity index is 1.46. The molecular formula is C22H24F2N2O2. The lowest BCUT2D eigenvalue weighted by Gasteiger charge is -2.32. The van der Waals surface area contributed by atoms with Crippen LogP contribution in [0, 0.1) is 5.92 Å². The van der Waals surface area contributed by atoms with Crippen LogP contribution in [0.1, 0.15) is 23.1 Å². The highest BCUT2D eigenvalue weighted by molar-refractivity contribution is 5.90. The van der Waals surface area contributed by atoms with Gasteiger partial charge >= 0.3 is 6.09 Å². The number of nitrogens with zero attached hydrogens (tertiary/aromatic N) is 1. The molecule has 2 aliphatic heterocycles. The van der Waals surface area contributed by atoms with Gasteiger partial charge in [0.1, 0.15) is 6.61 Å². The number of rotatable bonds is 4. The lowest BCUT2D eigenvalue weighted by molar-refractivity contribution is -0.0728. The molecule has 1 unspecified atom stereocenters. The number of amides is 1. The number of fused-ring (bicyclic) bond motifs is 1. The molecule has 2 heterocycles. The van der Waals surface area contributed by atoms with Gasteiger partial charge in [-0.2, -0.15) is 0 Å². The quantitative estimate of drug-likeness (QED) is 0.857. The number of piperidine rings is 1. The van der Waals surface area contributed by atoms with Crippen LogP contribution in [-0.2, 0) is 24.2 Å². The summed E-state index contributed by atoms with van der Waals surface area (Å²) in [6.45, 7) is 1.09. The number of hydrogen-bond donors (Lipinski definition) is 1. The Morgan fingerprint density at radius 3 is 2.79 bits per heavy atom. The zero-order valence-corrected chi connectivity index (χ0v) is 15.7. The average molecular weight is 386 g/mol. The standard InChI is InChI=1S/C22H24F2N2O2/c23-22(24)15-25-11-9-18(22)13-17-7-4-8-20-19(17)10-12-26(20)21(27)28-14-16-5-2-1-3-6-16/h1-8,18,25H,9-15H2. The van der Waals surface area contributed by atoms with Crippen LogP contribution >= 0.6 is 0 Å². The van der Waals surface area contributed by atoms with Crippen LogP contribution in [0.15, 0.2) is 48.5 Å². The molecule has 2 aliphatic rings. The van der Waals surface area contributed by atoms with Crippen LogP contribution < -0.4 is 10.2 Å². The van der Waals surface area contributed by atoms with Gasteiger partial charge < -0.3 is 10.1 Å². The van der Waals surface area contributed by atoms with Crippen molar-refractivity contribution in [2.45, 2.75) is 31.8 Å². The van der Waals surface area contributed by atoms with Gasteiger partial charge in [0.15, 0.2) is 0 Å². The van der Waals surface area contributed by atoms with Gasteiger partial charge in [-0.3, -0.25) is 4.90 Å². The lowest BCUT2D eigenvalue weighted by atomic mass is 9.86. The summed E-state index contributed by atoms with van der Waals surface area (Å²) in [5, 5.41) is 2.77. The number of carbonyl (C=O) groups is 1. The molecule has 4 nitrogen and oxygen atoms in total. The van der Waals surface area contributed by atoms with E-state index in [0.717, 1.165) is 22.4 Å². The minimum Gasteiger partial charge on any atom is -0.444 e. The van der Waals surface area contributed by atoms with Gasteiger partial charge in [0.05, 0.1) is 12.2 Å². The second-order valence-corrected chi connectivity index (χ2v) is 7.48. The number of ether oxygens (including phenoxy) is 1. The Bertz CT molecular complexity index is 842. The van der Waals surface area contributed by atoms with Crippen molar-refractivity contribution in [3.05, 3.63) is 65.2 Å². The van der Waals surface area contributed by atoms with Crippen LogP contribution in [0.3, 0.4) is 0 Å². The van der Waals surface area contributed by atoms with Crippen molar-refractivity contribution in [1.82, 2.24) is 5.32 Å². The maximum Gasteiger partial charge on any atom is 0.414 e. The van der Waals surface area contributed by atoms with Crippen LogP contribution in [0.5, 0.6) is 0 Å². The fourth-order valence-electron chi connectivity index (χ4n) is 4.09. The highest BCUT2D eigenvalue weighted by atomic mass is 19.3. The Morgan fingerprint density at radius 2 is 2.00 bits per heavy atom. The second kappa shape index (κ2) is 7.87. The molecule has 0 bridgehead atoms. The van der Waals surface area contributed by atoms with Crippen LogP contribution in [0.25, 0.3) is 0 Å². The van der Waals surface area contributed by atoms with Gasteiger partial charge in [0, 0.05) is 12.5 Å². The number of carbonyl (C=O) groups excluding carboxylic acids is 1. The number of hydrogen-bond acceptors (Lipinski definition) is 3. The smallest absolute Gasteiger partial charge is 0.414 e. The summed E-state index contributed by atoms with van der Waals surface area (Å²) in [6, 6.07) is 15.1. The topological polar surface area (TPSA) is 41.6 Å². The number of benzene rings is 2. The molecule has 2 aromatic carbocycles. The van der Waals surface area contributed by atoms with Gasteiger partial charge in [-0.25, -0.2) is 13.6 Å². The number of anilines is 1. The second-order valence-electron chi connectivity index (χ2n) is 7.48. The Morgan fingerprint density at radius 1 is 1.18 bits per heavy atom. The van der Waals surface area contributed by atoms with Crippen molar-refractivity contribution in [1.29, 1.82) is 0 Å². The van der Waals surface area contributed by atoms with Crippen LogP contribution in [-0.4, -0.2) is 31.7 Å². The molecule has 148 valence electrons. The van der Waals surface area contributed by atoms with Gasteiger partial charge in [0.2, 0.25) is 0 Å². The van der Waals surface area contributed by atoms with Crippen molar-refractivity contribution in [2.24, 2.45) is 5.92 Å². The van der Waals surface area contributed by atoms with E-state index >= 15 is 0 Å². The molecule has 0 radical (unpaired) electrons. The molecular weight excluding hydrogens is 362 g/mol. The average Bonchev–Trinajstić information content (AvgIpc) is 3.14. The molecule has 0 saturated carbocycles. The maximum absolute atomic E-state index is 14.2. The molecule has 1 amide bonds. The highest BCUT2D eigenvalue weighted by Gasteiger charge is 2.42. The number of nitrogens with one attached hydrogen (secondary N) is 1. The monoisotopic (exact) mass is 386 g/mol. The van der Waals surface area contributed by atoms with E-state index in [1.165, 1.54) is 0 Å². The van der Waals surface area contributed by atoms with Gasteiger partial charge in [0.25, 0.3) is 5.92 Å². The van der Waals surface area contributed by atoms with E-state index in [9.17, 15) is 13.6 Å². The maximum atomic E-state index is 14.2. The molecule has 1 atom stereocenters. The lowest BCUT2D eigenvalue weighted by Crippen LogP contribution is -2.46. The zero-order valence-electron chi connectivity index (χ0n) is 15.7. The first-order valence-corrected chi connectivity index (χ1v) is 9.72. The summed E-state index contributed by atoms with van der Waals surface area (Å²) >= 11 is 0. The molecule has 1 N–H and O–H groups in total. The molecule has 1 saturated heterocycles. The van der Waals surface area contributed by atoms with Crippen molar-refractivity contribution < 1.29 is 18.3 Å². The highest BCUT2D eigenvalue weighted by Crippen LogP contribution is 2.37. The predicted molar refractivity (Wildman–Crippen MR) is 104 cm³/mol. The molecule has 0 aliphatic carbocycles. The van der Waals surface area contributed by atoms with Crippen molar-refractivity contribution >= 4 is 11.8 Å². The molecule has 2 aromatic rings. The Hall–Kier alpha value is -2.47. The zero-order chi connectivity index (χ0) is 19.6. The third-order valence-electron chi connectivity index (χ3n) is 5.64. The first kappa shape index (κ1) is 18.9. The first-order valence-electron chi connectivity index (χ1n) is 9.72. The fraction of sp³-hybridized carbons (Fsp3) is 0.409. The van der Waals surface area contributed by atoms with Crippen molar-refractivity contribution in [3.8, 4) is 0 Å². The van der Waals surface area contributed by atoms with E-state index < -0.39 is 17.9 Å². The third kappa shape index (κ3) is 3.87. The van der Waals surface area contributed by atoms with Gasteiger partial charge in [-0.05, 0) is 48.6 Å². The summed E-state index contributed by atoms with van der Waals surface area (Å²) in [5.41, 5.74) is 3.63. The van der Waals surface area contributed by atoms with E-state index in [4.69, 9.17) is 4.74 Å². The van der Waals surface area contributed by atoms with Crippen LogP contribution in [0.4, 0.5) is 19.3 Å². The minimum absolute atomic E-state index is 0.215.